The largest absolute Gasteiger partial charge is 0.460 e. The van der Waals surface area contributed by atoms with Crippen molar-refractivity contribution >= 4 is 43.6 Å². The molecule has 78 heavy (non-hydrogen) atoms. The molecule has 4 fully saturated rings. The van der Waals surface area contributed by atoms with Crippen LogP contribution in [0.15, 0.2) is 47.6 Å². The van der Waals surface area contributed by atoms with E-state index in [9.17, 15) is 33.9 Å². The molecule has 440 valence electrons. The Morgan fingerprint density at radius 1 is 0.872 bits per heavy atom. The van der Waals surface area contributed by atoms with Gasteiger partial charge in [0.1, 0.15) is 30.1 Å². The number of ketones is 3. The number of methoxy groups -OCH3 is 3. The lowest BCUT2D eigenvalue weighted by Gasteiger charge is -2.42. The van der Waals surface area contributed by atoms with Crippen LogP contribution in [0.2, 0.25) is 19.6 Å². The highest BCUT2D eigenvalue weighted by atomic mass is 28.4. The molecule has 0 spiro atoms. The number of nitrogens with zero attached hydrogens (tertiary/aromatic N) is 3. The van der Waals surface area contributed by atoms with Crippen molar-refractivity contribution in [1.29, 1.82) is 0 Å². The quantitative estimate of drug-likeness (QED) is 0.0860. The number of piperidine rings is 1. The van der Waals surface area contributed by atoms with E-state index in [4.69, 9.17) is 37.6 Å². The third kappa shape index (κ3) is 19.1. The number of hydrogen-bond acceptors (Lipinski definition) is 16. The number of aliphatic hydroxyl groups is 1. The summed E-state index contributed by atoms with van der Waals surface area (Å²) in [7, 11) is 4.16. The first-order chi connectivity index (χ1) is 37.1. The van der Waals surface area contributed by atoms with Crippen LogP contribution in [-0.4, -0.2) is 192 Å². The van der Waals surface area contributed by atoms with Crippen molar-refractivity contribution in [2.75, 3.05) is 74.3 Å². The molecule has 19 heteroatoms. The summed E-state index contributed by atoms with van der Waals surface area (Å²) in [5.74, 6) is -6.66. The van der Waals surface area contributed by atoms with E-state index in [1.54, 1.807) is 39.2 Å². The molecule has 3 saturated heterocycles. The summed E-state index contributed by atoms with van der Waals surface area (Å²) in [5.41, 5.74) is 1.57. The zero-order valence-corrected chi connectivity index (χ0v) is 49.9. The van der Waals surface area contributed by atoms with Crippen molar-refractivity contribution in [2.45, 2.75) is 198 Å². The number of cyclic esters (lactones) is 1. The zero-order valence-electron chi connectivity index (χ0n) is 48.9. The van der Waals surface area contributed by atoms with Crippen LogP contribution in [-0.2, 0) is 61.6 Å². The maximum atomic E-state index is 14.7. The number of Topliss-reactive ketones (excluding diaryl/α,β-unsaturated/α-hetero) is 3. The number of amides is 2. The van der Waals surface area contributed by atoms with Gasteiger partial charge in [-0.15, -0.1) is 0 Å². The fraction of sp³-hybridized carbons (Fsp3) is 0.763. The van der Waals surface area contributed by atoms with Crippen molar-refractivity contribution in [2.24, 2.45) is 17.8 Å². The van der Waals surface area contributed by atoms with Crippen molar-refractivity contribution in [3.05, 3.63) is 47.6 Å². The Morgan fingerprint density at radius 3 is 2.31 bits per heavy atom. The van der Waals surface area contributed by atoms with Gasteiger partial charge in [-0.1, -0.05) is 50.3 Å². The van der Waals surface area contributed by atoms with E-state index in [0.717, 1.165) is 25.2 Å². The molecule has 18 nitrogen and oxygen atoms in total. The van der Waals surface area contributed by atoms with E-state index >= 15 is 0 Å². The lowest BCUT2D eigenvalue weighted by molar-refractivity contribution is -0.265. The molecule has 0 radical (unpaired) electrons. The fourth-order valence-electron chi connectivity index (χ4n) is 11.4. The lowest BCUT2D eigenvalue weighted by Crippen LogP contribution is -2.61. The van der Waals surface area contributed by atoms with Crippen LogP contribution in [0.3, 0.4) is 0 Å². The second-order valence-corrected chi connectivity index (χ2v) is 27.9. The van der Waals surface area contributed by atoms with E-state index in [0.29, 0.717) is 96.0 Å². The number of fused-ring (bicyclic) bond motifs is 3. The lowest BCUT2D eigenvalue weighted by atomic mass is 9.78. The summed E-state index contributed by atoms with van der Waals surface area (Å²) in [6, 6.07) is -1.15. The van der Waals surface area contributed by atoms with Crippen LogP contribution in [0.5, 0.6) is 0 Å². The van der Waals surface area contributed by atoms with Gasteiger partial charge in [-0.05, 0) is 127 Å². The van der Waals surface area contributed by atoms with Gasteiger partial charge >= 0.3 is 12.1 Å². The third-order valence-corrected chi connectivity index (χ3v) is 17.3. The van der Waals surface area contributed by atoms with Gasteiger partial charge in [-0.25, -0.2) is 9.59 Å². The number of carbonyl (C=O) groups excluding carboxylic acids is 6. The minimum atomic E-state index is -2.44. The van der Waals surface area contributed by atoms with Crippen LogP contribution >= 0.6 is 0 Å². The SMILES string of the molecule is CO[C@H]1C[C@@H]2CC[C@@H](C)[C@@](O)(O2)C(=O)C(=O)N2CCCC[C@H]2C(=O)O[C@H]([C@H](C)C[C@@H]2CC[C@@H](OC(=O)N(C)CCN3CCOCC3)[C@H](OC)C2)CC(=O)C/C=C(\C)C(O[Si](C)(C)C)[C@@H](OC)C(=O)CCC/C=C/C=CC=C1C. The zero-order chi connectivity index (χ0) is 57.2. The third-order valence-electron chi connectivity index (χ3n) is 16.3. The number of likely N-dealkylation sites (N-methyl/N-ethyl adjacent to an activating group) is 1. The minimum Gasteiger partial charge on any atom is -0.460 e. The number of allylic oxidation sites excluding steroid dienone is 6. The minimum absolute atomic E-state index is 0.0373. The van der Waals surface area contributed by atoms with Gasteiger partial charge in [-0.2, -0.15) is 0 Å². The molecule has 1 unspecified atom stereocenters. The molecule has 5 rings (SSSR count). The number of rotatable bonds is 12. The predicted octanol–water partition coefficient (Wildman–Crippen LogP) is 7.71. The first-order valence-electron chi connectivity index (χ1n) is 28.7. The monoisotopic (exact) mass is 1110 g/mol. The normalized spacial score (nSPS) is 33.2. The first-order valence-corrected chi connectivity index (χ1v) is 32.1. The van der Waals surface area contributed by atoms with Gasteiger partial charge in [0.05, 0.1) is 37.6 Å². The first kappa shape index (κ1) is 64.9. The number of morpholine rings is 1. The molecular formula is C59H95N3O15Si. The van der Waals surface area contributed by atoms with Crippen LogP contribution in [0.25, 0.3) is 0 Å². The maximum Gasteiger partial charge on any atom is 0.409 e. The summed E-state index contributed by atoms with van der Waals surface area (Å²) < 4.78 is 48.4. The molecule has 2 amide bonds. The van der Waals surface area contributed by atoms with Gasteiger partial charge in [0.25, 0.3) is 11.7 Å². The van der Waals surface area contributed by atoms with Crippen molar-refractivity contribution in [3.63, 3.8) is 0 Å². The average Bonchev–Trinajstić information content (AvgIpc) is 3.47. The summed E-state index contributed by atoms with van der Waals surface area (Å²) in [4.78, 5) is 89.9. The molecule has 5 aliphatic rings. The maximum absolute atomic E-state index is 14.7. The Labute approximate surface area is 466 Å². The number of ether oxygens (including phenoxy) is 7. The van der Waals surface area contributed by atoms with Crippen LogP contribution in [0.1, 0.15) is 124 Å². The molecule has 2 bridgehead atoms. The Morgan fingerprint density at radius 2 is 1.62 bits per heavy atom. The van der Waals surface area contributed by atoms with Gasteiger partial charge < -0.3 is 52.5 Å². The molecule has 0 aromatic heterocycles. The second-order valence-electron chi connectivity index (χ2n) is 23.4. The molecule has 4 aliphatic heterocycles. The van der Waals surface area contributed by atoms with Crippen LogP contribution in [0.4, 0.5) is 4.79 Å². The van der Waals surface area contributed by atoms with Gasteiger partial charge in [0.15, 0.2) is 14.1 Å². The highest BCUT2D eigenvalue weighted by molar-refractivity contribution is 6.69. The standard InChI is InChI=1S/C59H95N3O15Si/c1-40-20-16-14-12-13-15-17-22-48(64)54(72-8)53(77-78(9,10)11)41(2)23-26-45(63)38-51(42(3)36-44-25-28-49(52(37-44)71-7)75-58(68)60(5)30-31-61-32-34-73-35-33-61)74-57(67)47-21-18-19-29-62(47)56(66)55(65)59(69)43(4)24-27-46(76-59)39-50(40)70-6/h12-14,16,20,23,42-44,46-47,49-54,69H,15,17-19,21-22,24-39H2,1-11H3/b13-12+,16-14?,40-20?,41-23+/t42-,43-,44+,46+,47+,49-,50+,51+,52-,53?,54+,59-/m1/s1. The topological polar surface area (TPSA) is 206 Å². The van der Waals surface area contributed by atoms with Crippen molar-refractivity contribution in [1.82, 2.24) is 14.7 Å². The summed E-state index contributed by atoms with van der Waals surface area (Å²) in [6.45, 7) is 17.8. The number of esters is 1. The fourth-order valence-corrected chi connectivity index (χ4v) is 12.4. The predicted molar refractivity (Wildman–Crippen MR) is 298 cm³/mol. The molecule has 1 aliphatic carbocycles. The molecule has 0 aromatic carbocycles. The van der Waals surface area contributed by atoms with E-state index in [1.165, 1.54) is 12.0 Å². The van der Waals surface area contributed by atoms with Crippen molar-refractivity contribution < 1.29 is 71.5 Å². The highest BCUT2D eigenvalue weighted by Crippen LogP contribution is 2.38. The van der Waals surface area contributed by atoms with Crippen molar-refractivity contribution in [3.8, 4) is 0 Å². The van der Waals surface area contributed by atoms with Crippen LogP contribution in [0, 0.1) is 17.8 Å². The average molecular weight is 1110 g/mol. The summed E-state index contributed by atoms with van der Waals surface area (Å²) in [6.07, 6.45) is 12.9. The molecular weight excluding hydrogens is 1020 g/mol. The number of carbonyl (C=O) groups is 6. The molecule has 4 heterocycles. The Kier molecular flexibility index (Phi) is 26.1. The van der Waals surface area contributed by atoms with Gasteiger partial charge in [-0.3, -0.25) is 24.1 Å². The smallest absolute Gasteiger partial charge is 0.409 e. The summed E-state index contributed by atoms with van der Waals surface area (Å²) in [5, 5.41) is 12.1. The summed E-state index contributed by atoms with van der Waals surface area (Å²) >= 11 is 0. The van der Waals surface area contributed by atoms with E-state index < -0.39 is 86.4 Å². The van der Waals surface area contributed by atoms with E-state index in [1.807, 2.05) is 70.8 Å². The number of hydrogen-bond donors (Lipinski definition) is 1. The Bertz CT molecular complexity index is 2120. The second kappa shape index (κ2) is 31.3. The van der Waals surface area contributed by atoms with E-state index in [-0.39, 0.29) is 61.7 Å². The Hall–Kier alpha value is -3.92. The van der Waals surface area contributed by atoms with E-state index in [2.05, 4.69) is 4.90 Å². The molecule has 1 saturated carbocycles. The van der Waals surface area contributed by atoms with Gasteiger partial charge in [0.2, 0.25) is 5.79 Å². The highest BCUT2D eigenvalue weighted by Gasteiger charge is 2.53. The molecule has 12 atom stereocenters. The van der Waals surface area contributed by atoms with Crippen LogP contribution < -0.4 is 0 Å². The Balaban J connectivity index is 1.41. The van der Waals surface area contributed by atoms with Gasteiger partial charge in [0, 0.05) is 92.7 Å². The molecule has 0 aromatic rings. The molecule has 1 N–H and O–H groups in total.